The summed E-state index contributed by atoms with van der Waals surface area (Å²) in [7, 11) is 1.66. The van der Waals surface area contributed by atoms with Gasteiger partial charge in [-0.2, -0.15) is 10.1 Å². The second kappa shape index (κ2) is 4.80. The molecule has 2 rings (SSSR count). The zero-order valence-corrected chi connectivity index (χ0v) is 9.72. The van der Waals surface area contributed by atoms with Gasteiger partial charge in [-0.15, -0.1) is 10.2 Å². The third-order valence-electron chi connectivity index (χ3n) is 1.97. The number of nitrogens with zero attached hydrogens (tertiary/aromatic N) is 5. The van der Waals surface area contributed by atoms with Crippen molar-refractivity contribution in [3.8, 4) is 11.8 Å². The highest BCUT2D eigenvalue weighted by Crippen LogP contribution is 2.23. The van der Waals surface area contributed by atoms with Gasteiger partial charge in [-0.05, 0) is 17.3 Å². The molecule has 0 aliphatic rings. The Bertz CT molecular complexity index is 574. The monoisotopic (exact) mass is 249 g/mol. The van der Waals surface area contributed by atoms with E-state index in [1.165, 1.54) is 4.80 Å². The van der Waals surface area contributed by atoms with Crippen LogP contribution in [-0.2, 0) is 13.7 Å². The van der Waals surface area contributed by atoms with Crippen molar-refractivity contribution in [2.24, 2.45) is 7.05 Å². The molecule has 0 amide bonds. The Morgan fingerprint density at radius 1 is 1.53 bits per heavy atom. The highest BCUT2D eigenvalue weighted by atomic mass is 35.5. The Morgan fingerprint density at radius 2 is 2.35 bits per heavy atom. The molecule has 1 aromatic carbocycles. The Labute approximate surface area is 102 Å². The van der Waals surface area contributed by atoms with Crippen LogP contribution < -0.4 is 4.74 Å². The van der Waals surface area contributed by atoms with Crippen molar-refractivity contribution in [1.29, 1.82) is 5.26 Å². The second-order valence-corrected chi connectivity index (χ2v) is 3.67. The quantitative estimate of drug-likeness (QED) is 0.820. The number of ether oxygens (including phenoxy) is 1. The van der Waals surface area contributed by atoms with Crippen molar-refractivity contribution in [2.45, 2.75) is 6.61 Å². The molecule has 0 saturated heterocycles. The van der Waals surface area contributed by atoms with E-state index in [4.69, 9.17) is 21.6 Å². The smallest absolute Gasteiger partial charge is 0.212 e. The van der Waals surface area contributed by atoms with Gasteiger partial charge < -0.3 is 4.74 Å². The molecule has 0 saturated carbocycles. The lowest BCUT2D eigenvalue weighted by atomic mass is 10.2. The van der Waals surface area contributed by atoms with E-state index in [1.807, 2.05) is 6.07 Å². The summed E-state index contributed by atoms with van der Waals surface area (Å²) < 4.78 is 5.42. The predicted molar refractivity (Wildman–Crippen MR) is 59.3 cm³/mol. The molecular weight excluding hydrogens is 242 g/mol. The topological polar surface area (TPSA) is 76.6 Å². The molecule has 6 nitrogen and oxygen atoms in total. The molecule has 0 radical (unpaired) electrons. The van der Waals surface area contributed by atoms with Crippen LogP contribution in [0.25, 0.3) is 0 Å². The van der Waals surface area contributed by atoms with Crippen molar-refractivity contribution in [1.82, 2.24) is 20.2 Å². The van der Waals surface area contributed by atoms with Crippen LogP contribution in [0.4, 0.5) is 0 Å². The van der Waals surface area contributed by atoms with Crippen molar-refractivity contribution in [3.63, 3.8) is 0 Å². The van der Waals surface area contributed by atoms with Crippen LogP contribution in [0.3, 0.4) is 0 Å². The SMILES string of the molecule is Cn1nnc(COc2cc(Cl)ccc2C#N)n1. The fraction of sp³-hybridized carbons (Fsp3) is 0.200. The third-order valence-corrected chi connectivity index (χ3v) is 2.21. The normalized spacial score (nSPS) is 9.94. The highest BCUT2D eigenvalue weighted by Gasteiger charge is 2.06. The molecule has 0 unspecified atom stereocenters. The van der Waals surface area contributed by atoms with Gasteiger partial charge >= 0.3 is 0 Å². The minimum Gasteiger partial charge on any atom is -0.484 e. The summed E-state index contributed by atoms with van der Waals surface area (Å²) >= 11 is 5.82. The predicted octanol–water partition coefficient (Wildman–Crippen LogP) is 1.31. The molecule has 86 valence electrons. The summed E-state index contributed by atoms with van der Waals surface area (Å²) in [6.07, 6.45) is 0. The molecule has 1 heterocycles. The molecule has 0 N–H and O–H groups in total. The van der Waals surface area contributed by atoms with Crippen LogP contribution in [0.2, 0.25) is 5.02 Å². The van der Waals surface area contributed by atoms with E-state index in [9.17, 15) is 0 Å². The van der Waals surface area contributed by atoms with E-state index >= 15 is 0 Å². The molecule has 0 aliphatic heterocycles. The van der Waals surface area contributed by atoms with Gasteiger partial charge in [0.05, 0.1) is 12.6 Å². The molecule has 0 aliphatic carbocycles. The molecule has 0 bridgehead atoms. The second-order valence-electron chi connectivity index (χ2n) is 3.24. The first-order chi connectivity index (χ1) is 8.19. The Hall–Kier alpha value is -2.13. The van der Waals surface area contributed by atoms with Crippen molar-refractivity contribution < 1.29 is 4.74 Å². The van der Waals surface area contributed by atoms with E-state index in [2.05, 4.69) is 15.4 Å². The van der Waals surface area contributed by atoms with Gasteiger partial charge in [-0.3, -0.25) is 0 Å². The van der Waals surface area contributed by atoms with E-state index in [0.29, 0.717) is 22.2 Å². The number of nitriles is 1. The van der Waals surface area contributed by atoms with E-state index in [-0.39, 0.29) is 6.61 Å². The molecular formula is C10H8ClN5O. The van der Waals surface area contributed by atoms with Gasteiger partial charge in [-0.1, -0.05) is 11.6 Å². The van der Waals surface area contributed by atoms with Gasteiger partial charge in [0.25, 0.3) is 0 Å². The number of halogens is 1. The first kappa shape index (κ1) is 11.4. The number of hydrogen-bond donors (Lipinski definition) is 0. The minimum absolute atomic E-state index is 0.142. The van der Waals surface area contributed by atoms with E-state index < -0.39 is 0 Å². The van der Waals surface area contributed by atoms with E-state index in [0.717, 1.165) is 0 Å². The van der Waals surface area contributed by atoms with Crippen molar-refractivity contribution >= 4 is 11.6 Å². The summed E-state index contributed by atoms with van der Waals surface area (Å²) in [6, 6.07) is 6.83. The lowest BCUT2D eigenvalue weighted by Crippen LogP contribution is -2.00. The number of aromatic nitrogens is 4. The zero-order chi connectivity index (χ0) is 12.3. The maximum atomic E-state index is 8.89. The number of benzene rings is 1. The Balaban J connectivity index is 2.13. The molecule has 0 atom stereocenters. The highest BCUT2D eigenvalue weighted by molar-refractivity contribution is 6.30. The molecule has 0 spiro atoms. The van der Waals surface area contributed by atoms with Gasteiger partial charge in [0, 0.05) is 11.1 Å². The van der Waals surface area contributed by atoms with Crippen LogP contribution in [0.15, 0.2) is 18.2 Å². The summed E-state index contributed by atoms with van der Waals surface area (Å²) in [4.78, 5) is 1.34. The van der Waals surface area contributed by atoms with Crippen LogP contribution in [0.5, 0.6) is 5.75 Å². The lowest BCUT2D eigenvalue weighted by molar-refractivity contribution is 0.294. The minimum atomic E-state index is 0.142. The fourth-order valence-corrected chi connectivity index (χ4v) is 1.39. The van der Waals surface area contributed by atoms with Gasteiger partial charge in [0.15, 0.2) is 6.61 Å². The number of aryl methyl sites for hydroxylation is 1. The largest absolute Gasteiger partial charge is 0.484 e. The fourth-order valence-electron chi connectivity index (χ4n) is 1.23. The summed E-state index contributed by atoms with van der Waals surface area (Å²) in [5.74, 6) is 0.851. The standard InChI is InChI=1S/C10H8ClN5O/c1-16-14-10(13-15-16)6-17-9-4-8(11)3-2-7(9)5-12/h2-4H,6H2,1H3. The van der Waals surface area contributed by atoms with Crippen molar-refractivity contribution in [2.75, 3.05) is 0 Å². The Kier molecular flexibility index (Phi) is 3.21. The van der Waals surface area contributed by atoms with Crippen LogP contribution >= 0.6 is 11.6 Å². The van der Waals surface area contributed by atoms with Gasteiger partial charge in [-0.25, -0.2) is 0 Å². The average Bonchev–Trinajstić information content (AvgIpc) is 2.73. The molecule has 7 heteroatoms. The zero-order valence-electron chi connectivity index (χ0n) is 8.96. The number of tetrazole rings is 1. The maximum Gasteiger partial charge on any atom is 0.212 e. The van der Waals surface area contributed by atoms with Gasteiger partial charge in [0.1, 0.15) is 11.8 Å². The van der Waals surface area contributed by atoms with Crippen LogP contribution in [0, 0.1) is 11.3 Å². The lowest BCUT2D eigenvalue weighted by Gasteiger charge is -2.05. The Morgan fingerprint density at radius 3 is 3.00 bits per heavy atom. The first-order valence-corrected chi connectivity index (χ1v) is 5.12. The summed E-state index contributed by atoms with van der Waals surface area (Å²) in [5.41, 5.74) is 0.415. The van der Waals surface area contributed by atoms with Crippen LogP contribution in [-0.4, -0.2) is 20.2 Å². The summed E-state index contributed by atoms with van der Waals surface area (Å²) in [6.45, 7) is 0.142. The number of hydrogen-bond acceptors (Lipinski definition) is 5. The number of rotatable bonds is 3. The van der Waals surface area contributed by atoms with Crippen molar-refractivity contribution in [3.05, 3.63) is 34.6 Å². The van der Waals surface area contributed by atoms with Gasteiger partial charge in [0.2, 0.25) is 5.82 Å². The van der Waals surface area contributed by atoms with E-state index in [1.54, 1.807) is 25.2 Å². The average molecular weight is 250 g/mol. The first-order valence-electron chi connectivity index (χ1n) is 4.74. The third kappa shape index (κ3) is 2.71. The molecule has 0 fully saturated rings. The molecule has 2 aromatic rings. The molecule has 17 heavy (non-hydrogen) atoms. The maximum absolute atomic E-state index is 8.89. The van der Waals surface area contributed by atoms with Crippen LogP contribution in [0.1, 0.15) is 11.4 Å². The summed E-state index contributed by atoms with van der Waals surface area (Å²) in [5, 5.41) is 20.8. The molecule has 1 aromatic heterocycles.